The smallest absolute Gasteiger partial charge is 0.121 e. The van der Waals surface area contributed by atoms with E-state index in [9.17, 15) is 0 Å². The van der Waals surface area contributed by atoms with Crippen LogP contribution in [0.2, 0.25) is 0 Å². The van der Waals surface area contributed by atoms with Crippen molar-refractivity contribution in [3.05, 3.63) is 18.7 Å². The molecule has 3 N–H and O–H groups in total. The molecule has 0 aliphatic heterocycles. The largest absolute Gasteiger partial charge is 0.384 e. The predicted octanol–water partition coefficient (Wildman–Crippen LogP) is 0.368. The number of aromatic nitrogens is 2. The summed E-state index contributed by atoms with van der Waals surface area (Å²) in [6.45, 7) is 3.65. The average molecular weight is 110 g/mol. The lowest BCUT2D eigenvalue weighted by molar-refractivity contribution is 1.10. The van der Waals surface area contributed by atoms with Crippen molar-refractivity contribution in [3.63, 3.8) is 0 Å². The molecule has 0 saturated heterocycles. The van der Waals surface area contributed by atoms with E-state index in [0.29, 0.717) is 12.2 Å². The Morgan fingerprint density at radius 3 is 2.88 bits per heavy atom. The van der Waals surface area contributed by atoms with E-state index < -0.39 is 0 Å². The molecule has 0 atom stereocenters. The van der Waals surface area contributed by atoms with E-state index in [1.165, 1.54) is 0 Å². The van der Waals surface area contributed by atoms with Gasteiger partial charge in [0.25, 0.3) is 0 Å². The third-order valence-electron chi connectivity index (χ3n) is 1.02. The average Bonchev–Trinajstić information content (AvgIpc) is 2.14. The maximum atomic E-state index is 5.39. The first-order chi connectivity index (χ1) is 3.84. The fourth-order valence-corrected chi connectivity index (χ4v) is 0.520. The number of nitrogens with one attached hydrogen (secondary N) is 1. The molecule has 0 aliphatic carbocycles. The minimum absolute atomic E-state index is 0.625. The van der Waals surface area contributed by atoms with Gasteiger partial charge in [-0.3, -0.25) is 5.10 Å². The van der Waals surface area contributed by atoms with Gasteiger partial charge < -0.3 is 5.73 Å². The van der Waals surface area contributed by atoms with Gasteiger partial charge in [0, 0.05) is 5.56 Å². The van der Waals surface area contributed by atoms with Gasteiger partial charge in [-0.1, -0.05) is 0 Å². The summed E-state index contributed by atoms with van der Waals surface area (Å²) in [4.78, 5) is 0. The zero-order valence-corrected chi connectivity index (χ0v) is 4.52. The molecule has 1 heterocycles. The third-order valence-corrected chi connectivity index (χ3v) is 1.02. The van der Waals surface area contributed by atoms with E-state index in [0.717, 1.165) is 5.56 Å². The van der Waals surface area contributed by atoms with Crippen molar-refractivity contribution in [2.24, 2.45) is 0 Å². The molecule has 0 aliphatic rings. The van der Waals surface area contributed by atoms with Gasteiger partial charge in [-0.2, -0.15) is 5.10 Å². The van der Waals surface area contributed by atoms with Crippen LogP contribution in [0.1, 0.15) is 5.56 Å². The lowest BCUT2D eigenvalue weighted by Gasteiger charge is -1.86. The van der Waals surface area contributed by atoms with Crippen molar-refractivity contribution in [1.82, 2.24) is 10.2 Å². The summed E-state index contributed by atoms with van der Waals surface area (Å²) in [5.74, 6) is 0.625. The molecule has 1 rings (SSSR count). The Bertz CT molecular complexity index is 168. The van der Waals surface area contributed by atoms with Crippen molar-refractivity contribution in [2.45, 2.75) is 6.42 Å². The van der Waals surface area contributed by atoms with Crippen molar-refractivity contribution in [2.75, 3.05) is 5.73 Å². The Hall–Kier alpha value is -0.990. The van der Waals surface area contributed by atoms with Gasteiger partial charge in [-0.25, -0.2) is 0 Å². The van der Waals surface area contributed by atoms with E-state index >= 15 is 0 Å². The Morgan fingerprint density at radius 2 is 2.62 bits per heavy atom. The quantitative estimate of drug-likeness (QED) is 0.548. The SMILES string of the molecule is [CH2]Cc1cn[nH]c1N. The van der Waals surface area contributed by atoms with E-state index in [1.807, 2.05) is 0 Å². The Balaban J connectivity index is 2.92. The molecule has 1 aromatic rings. The highest BCUT2D eigenvalue weighted by molar-refractivity contribution is 5.36. The molecule has 0 aromatic carbocycles. The standard InChI is InChI=1S/C5H8N3/c1-2-4-3-7-8-5(4)6/h3H,1-2H2,(H3,6,7,8). The van der Waals surface area contributed by atoms with Gasteiger partial charge in [0.2, 0.25) is 0 Å². The molecule has 1 radical (unpaired) electrons. The number of hydrogen-bond donors (Lipinski definition) is 2. The van der Waals surface area contributed by atoms with Crippen LogP contribution in [-0.4, -0.2) is 10.2 Å². The van der Waals surface area contributed by atoms with E-state index in [-0.39, 0.29) is 0 Å². The molecule has 43 valence electrons. The number of hydrogen-bond acceptors (Lipinski definition) is 2. The predicted molar refractivity (Wildman–Crippen MR) is 32.1 cm³/mol. The van der Waals surface area contributed by atoms with Crippen LogP contribution in [0.5, 0.6) is 0 Å². The van der Waals surface area contributed by atoms with Crippen LogP contribution in [0.3, 0.4) is 0 Å². The van der Waals surface area contributed by atoms with Crippen LogP contribution in [-0.2, 0) is 6.42 Å². The van der Waals surface area contributed by atoms with Crippen LogP contribution in [0.15, 0.2) is 6.20 Å². The Kier molecular flexibility index (Phi) is 1.20. The third kappa shape index (κ3) is 0.665. The van der Waals surface area contributed by atoms with E-state index in [2.05, 4.69) is 17.1 Å². The monoisotopic (exact) mass is 110 g/mol. The molecule has 0 unspecified atom stereocenters. The zero-order chi connectivity index (χ0) is 5.98. The number of nitrogen functional groups attached to an aromatic ring is 1. The van der Waals surface area contributed by atoms with Crippen molar-refractivity contribution in [1.29, 1.82) is 0 Å². The highest BCUT2D eigenvalue weighted by Gasteiger charge is 1.93. The summed E-state index contributed by atoms with van der Waals surface area (Å²) < 4.78 is 0. The topological polar surface area (TPSA) is 54.7 Å². The number of nitrogens with zero attached hydrogens (tertiary/aromatic N) is 1. The van der Waals surface area contributed by atoms with Crippen LogP contribution < -0.4 is 5.73 Å². The first-order valence-electron chi connectivity index (χ1n) is 2.41. The molecule has 0 fully saturated rings. The van der Waals surface area contributed by atoms with Crippen LogP contribution in [0.25, 0.3) is 0 Å². The van der Waals surface area contributed by atoms with E-state index in [4.69, 9.17) is 5.73 Å². The molecule has 3 heteroatoms. The Labute approximate surface area is 47.9 Å². The van der Waals surface area contributed by atoms with Gasteiger partial charge in [0.1, 0.15) is 5.82 Å². The zero-order valence-electron chi connectivity index (χ0n) is 4.52. The minimum atomic E-state index is 0.625. The summed E-state index contributed by atoms with van der Waals surface area (Å²) in [5, 5.41) is 6.31. The molecule has 0 amide bonds. The molecule has 1 aromatic heterocycles. The number of nitrogens with two attached hydrogens (primary N) is 1. The lowest BCUT2D eigenvalue weighted by atomic mass is 10.3. The second-order valence-electron chi connectivity index (χ2n) is 1.56. The number of rotatable bonds is 1. The van der Waals surface area contributed by atoms with Gasteiger partial charge in [0.15, 0.2) is 0 Å². The maximum absolute atomic E-state index is 5.39. The summed E-state index contributed by atoms with van der Waals surface area (Å²) in [5.41, 5.74) is 6.37. The molecular formula is C5H8N3. The fourth-order valence-electron chi connectivity index (χ4n) is 0.520. The van der Waals surface area contributed by atoms with Gasteiger partial charge in [0.05, 0.1) is 6.20 Å². The highest BCUT2D eigenvalue weighted by Crippen LogP contribution is 2.04. The van der Waals surface area contributed by atoms with Crippen molar-refractivity contribution < 1.29 is 0 Å². The Morgan fingerprint density at radius 1 is 1.88 bits per heavy atom. The summed E-state index contributed by atoms with van der Waals surface area (Å²) >= 11 is 0. The molecule has 0 bridgehead atoms. The lowest BCUT2D eigenvalue weighted by Crippen LogP contribution is -1.88. The normalized spacial score (nSPS) is 9.62. The maximum Gasteiger partial charge on any atom is 0.121 e. The van der Waals surface area contributed by atoms with Gasteiger partial charge in [-0.15, -0.1) is 0 Å². The van der Waals surface area contributed by atoms with Crippen molar-refractivity contribution >= 4 is 5.82 Å². The summed E-state index contributed by atoms with van der Waals surface area (Å²) in [6.07, 6.45) is 2.38. The minimum Gasteiger partial charge on any atom is -0.384 e. The molecule has 0 spiro atoms. The van der Waals surface area contributed by atoms with Crippen LogP contribution >= 0.6 is 0 Å². The second kappa shape index (κ2) is 1.86. The van der Waals surface area contributed by atoms with Crippen LogP contribution in [0, 0.1) is 6.92 Å². The molecule has 8 heavy (non-hydrogen) atoms. The number of anilines is 1. The first-order valence-corrected chi connectivity index (χ1v) is 2.41. The van der Waals surface area contributed by atoms with E-state index in [1.54, 1.807) is 6.20 Å². The number of aromatic amines is 1. The van der Waals surface area contributed by atoms with Crippen LogP contribution in [0.4, 0.5) is 5.82 Å². The van der Waals surface area contributed by atoms with Crippen molar-refractivity contribution in [3.8, 4) is 0 Å². The fraction of sp³-hybridized carbons (Fsp3) is 0.200. The first kappa shape index (κ1) is 5.15. The second-order valence-corrected chi connectivity index (χ2v) is 1.56. The van der Waals surface area contributed by atoms with Gasteiger partial charge in [-0.05, 0) is 13.3 Å². The molecular weight excluding hydrogens is 102 g/mol. The van der Waals surface area contributed by atoms with Gasteiger partial charge >= 0.3 is 0 Å². The molecule has 3 nitrogen and oxygen atoms in total. The summed E-state index contributed by atoms with van der Waals surface area (Å²) in [7, 11) is 0. The highest BCUT2D eigenvalue weighted by atomic mass is 15.1. The number of H-pyrrole nitrogens is 1. The molecule has 0 saturated carbocycles. The summed E-state index contributed by atoms with van der Waals surface area (Å²) in [6, 6.07) is 0.